The lowest BCUT2D eigenvalue weighted by Crippen LogP contribution is -2.14. The molecular weight excluding hydrogens is 248 g/mol. The van der Waals surface area contributed by atoms with Gasteiger partial charge in [-0.15, -0.1) is 0 Å². The van der Waals surface area contributed by atoms with Crippen LogP contribution in [0.15, 0.2) is 12.5 Å². The lowest BCUT2D eigenvalue weighted by Gasteiger charge is -2.17. The van der Waals surface area contributed by atoms with Crippen LogP contribution in [0.25, 0.3) is 0 Å². The average Bonchev–Trinajstić information content (AvgIpc) is 2.33. The number of carbonyl (C=O) groups is 1. The van der Waals surface area contributed by atoms with Crippen LogP contribution in [-0.4, -0.2) is 33.0 Å². The van der Waals surface area contributed by atoms with E-state index in [4.69, 9.17) is 4.74 Å². The van der Waals surface area contributed by atoms with Gasteiger partial charge in [-0.3, -0.25) is 0 Å². The molecule has 0 N–H and O–H groups in total. The van der Waals surface area contributed by atoms with Crippen LogP contribution >= 0.6 is 11.8 Å². The van der Waals surface area contributed by atoms with Crippen LogP contribution in [0.4, 0.5) is 0 Å². The van der Waals surface area contributed by atoms with Crippen LogP contribution in [0.1, 0.15) is 43.7 Å². The van der Waals surface area contributed by atoms with Crippen LogP contribution in [0.2, 0.25) is 0 Å². The maximum atomic E-state index is 11.8. The fraction of sp³-hybridized carbons (Fsp3) is 0.615. The summed E-state index contributed by atoms with van der Waals surface area (Å²) in [6.45, 7) is 8.78. The van der Waals surface area contributed by atoms with Gasteiger partial charge in [-0.05, 0) is 6.42 Å². The second-order valence-corrected chi connectivity index (χ2v) is 6.76. The quantitative estimate of drug-likeness (QED) is 0.607. The Morgan fingerprint density at radius 3 is 2.78 bits per heavy atom. The van der Waals surface area contributed by atoms with E-state index in [2.05, 4.69) is 30.7 Å². The highest BCUT2D eigenvalue weighted by atomic mass is 32.2. The van der Waals surface area contributed by atoms with Gasteiger partial charge in [-0.25, -0.2) is 14.8 Å². The van der Waals surface area contributed by atoms with Crippen molar-refractivity contribution in [1.82, 2.24) is 9.97 Å². The normalized spacial score (nSPS) is 11.3. The smallest absolute Gasteiger partial charge is 0.341 e. The summed E-state index contributed by atoms with van der Waals surface area (Å²) >= 11 is 1.77. The van der Waals surface area contributed by atoms with Crippen molar-refractivity contribution in [2.24, 2.45) is 0 Å². The fourth-order valence-corrected chi connectivity index (χ4v) is 2.15. The Hall–Kier alpha value is -1.10. The first-order chi connectivity index (χ1) is 8.44. The van der Waals surface area contributed by atoms with E-state index in [9.17, 15) is 4.79 Å². The zero-order valence-corrected chi connectivity index (χ0v) is 12.2. The summed E-state index contributed by atoms with van der Waals surface area (Å²) in [6.07, 6.45) is 3.67. The minimum Gasteiger partial charge on any atom is -0.461 e. The Morgan fingerprint density at radius 1 is 1.44 bits per heavy atom. The number of ether oxygens (including phenoxy) is 1. The van der Waals surface area contributed by atoms with Gasteiger partial charge < -0.3 is 4.74 Å². The summed E-state index contributed by atoms with van der Waals surface area (Å²) in [5.41, 5.74) is 1.21. The van der Waals surface area contributed by atoms with E-state index in [-0.39, 0.29) is 10.7 Å². The molecule has 1 rings (SSSR count). The van der Waals surface area contributed by atoms with E-state index in [1.54, 1.807) is 11.8 Å². The third-order valence-corrected chi connectivity index (χ3v) is 3.44. The van der Waals surface area contributed by atoms with Gasteiger partial charge in [0.2, 0.25) is 0 Å². The molecule has 0 unspecified atom stereocenters. The molecule has 0 aliphatic heterocycles. The standard InChI is InChI=1S/C13H20N2O2S/c1-5-11-10(8-14-9-15-11)12(16)17-6-7-18-13(2,3)4/h8-9H,5-7H2,1-4H3. The molecule has 1 aromatic rings. The number of nitrogens with zero attached hydrogens (tertiary/aromatic N) is 2. The van der Waals surface area contributed by atoms with Gasteiger partial charge in [0.1, 0.15) is 12.9 Å². The van der Waals surface area contributed by atoms with Crippen LogP contribution in [0.5, 0.6) is 0 Å². The van der Waals surface area contributed by atoms with Gasteiger partial charge in [0, 0.05) is 16.7 Å². The molecule has 0 bridgehead atoms. The topological polar surface area (TPSA) is 52.1 Å². The molecule has 1 heterocycles. The van der Waals surface area contributed by atoms with Gasteiger partial charge in [-0.2, -0.15) is 11.8 Å². The first-order valence-electron chi connectivity index (χ1n) is 6.04. The van der Waals surface area contributed by atoms with Gasteiger partial charge in [0.05, 0.1) is 11.3 Å². The number of hydrogen-bond acceptors (Lipinski definition) is 5. The average molecular weight is 268 g/mol. The summed E-state index contributed by atoms with van der Waals surface area (Å²) in [5, 5.41) is 0. The molecule has 0 saturated heterocycles. The Bertz CT molecular complexity index is 402. The fourth-order valence-electron chi connectivity index (χ4n) is 1.37. The summed E-state index contributed by atoms with van der Waals surface area (Å²) in [7, 11) is 0. The van der Waals surface area contributed by atoms with Crippen LogP contribution in [0, 0.1) is 0 Å². The number of aromatic nitrogens is 2. The van der Waals surface area contributed by atoms with Crippen molar-refractivity contribution in [3.8, 4) is 0 Å². The summed E-state index contributed by atoms with van der Waals surface area (Å²) in [6, 6.07) is 0. The maximum absolute atomic E-state index is 11.8. The minimum atomic E-state index is -0.332. The highest BCUT2D eigenvalue weighted by molar-refractivity contribution is 8.00. The molecule has 0 atom stereocenters. The Morgan fingerprint density at radius 2 is 2.17 bits per heavy atom. The van der Waals surface area contributed by atoms with Gasteiger partial charge in [-0.1, -0.05) is 27.7 Å². The van der Waals surface area contributed by atoms with E-state index >= 15 is 0 Å². The number of thioether (sulfide) groups is 1. The van der Waals surface area contributed by atoms with Crippen molar-refractivity contribution in [2.45, 2.75) is 38.9 Å². The van der Waals surface area contributed by atoms with Crippen LogP contribution < -0.4 is 0 Å². The first kappa shape index (κ1) is 15.0. The Labute approximate surface area is 113 Å². The zero-order chi connectivity index (χ0) is 13.6. The molecule has 0 saturated carbocycles. The molecule has 0 aromatic carbocycles. The predicted octanol–water partition coefficient (Wildman–Crippen LogP) is 2.73. The number of rotatable bonds is 5. The van der Waals surface area contributed by atoms with Crippen LogP contribution in [0.3, 0.4) is 0 Å². The first-order valence-corrected chi connectivity index (χ1v) is 7.02. The molecule has 1 aromatic heterocycles. The summed E-state index contributed by atoms with van der Waals surface area (Å²) in [5.74, 6) is 0.465. The molecule has 100 valence electrons. The molecule has 4 nitrogen and oxygen atoms in total. The largest absolute Gasteiger partial charge is 0.461 e. The second-order valence-electron chi connectivity index (χ2n) is 4.83. The lowest BCUT2D eigenvalue weighted by molar-refractivity contribution is 0.0527. The van der Waals surface area contributed by atoms with Crippen molar-refractivity contribution >= 4 is 17.7 Å². The van der Waals surface area contributed by atoms with Crippen molar-refractivity contribution in [2.75, 3.05) is 12.4 Å². The second kappa shape index (κ2) is 6.73. The molecule has 0 fully saturated rings. The van der Waals surface area contributed by atoms with E-state index in [0.29, 0.717) is 18.6 Å². The highest BCUT2D eigenvalue weighted by Crippen LogP contribution is 2.22. The highest BCUT2D eigenvalue weighted by Gasteiger charge is 2.14. The SMILES string of the molecule is CCc1ncncc1C(=O)OCCSC(C)(C)C. The van der Waals surface area contributed by atoms with Gasteiger partial charge >= 0.3 is 5.97 Å². The number of hydrogen-bond donors (Lipinski definition) is 0. The summed E-state index contributed by atoms with van der Waals surface area (Å²) < 4.78 is 5.42. The summed E-state index contributed by atoms with van der Waals surface area (Å²) in [4.78, 5) is 19.8. The van der Waals surface area contributed by atoms with Crippen molar-refractivity contribution < 1.29 is 9.53 Å². The van der Waals surface area contributed by atoms with Gasteiger partial charge in [0.15, 0.2) is 0 Å². The molecule has 0 amide bonds. The molecule has 0 aliphatic carbocycles. The van der Waals surface area contributed by atoms with E-state index in [0.717, 1.165) is 11.4 Å². The molecule has 0 aliphatic rings. The van der Waals surface area contributed by atoms with E-state index in [1.807, 2.05) is 6.92 Å². The van der Waals surface area contributed by atoms with E-state index < -0.39 is 0 Å². The molecule has 0 spiro atoms. The third-order valence-electron chi connectivity index (χ3n) is 2.20. The predicted molar refractivity (Wildman–Crippen MR) is 73.9 cm³/mol. The number of carbonyl (C=O) groups excluding carboxylic acids is 1. The van der Waals surface area contributed by atoms with Gasteiger partial charge in [0.25, 0.3) is 0 Å². The molecule has 0 radical (unpaired) electrons. The Balaban J connectivity index is 2.46. The maximum Gasteiger partial charge on any atom is 0.341 e. The number of aryl methyl sites for hydroxylation is 1. The van der Waals surface area contributed by atoms with Crippen molar-refractivity contribution in [1.29, 1.82) is 0 Å². The molecular formula is C13H20N2O2S. The lowest BCUT2D eigenvalue weighted by atomic mass is 10.2. The zero-order valence-electron chi connectivity index (χ0n) is 11.4. The molecule has 5 heteroatoms. The Kier molecular flexibility index (Phi) is 5.59. The molecule has 18 heavy (non-hydrogen) atoms. The van der Waals surface area contributed by atoms with Crippen molar-refractivity contribution in [3.05, 3.63) is 23.8 Å². The minimum absolute atomic E-state index is 0.191. The number of esters is 1. The third kappa shape index (κ3) is 5.04. The van der Waals surface area contributed by atoms with Crippen molar-refractivity contribution in [3.63, 3.8) is 0 Å². The monoisotopic (exact) mass is 268 g/mol. The van der Waals surface area contributed by atoms with Crippen LogP contribution in [-0.2, 0) is 11.2 Å². The van der Waals surface area contributed by atoms with E-state index in [1.165, 1.54) is 12.5 Å².